The fourth-order valence-electron chi connectivity index (χ4n) is 2.34. The van der Waals surface area contributed by atoms with Crippen LogP contribution in [0.4, 0.5) is 11.4 Å². The van der Waals surface area contributed by atoms with Gasteiger partial charge in [0.1, 0.15) is 0 Å². The van der Waals surface area contributed by atoms with Gasteiger partial charge in [-0.1, -0.05) is 12.1 Å². The van der Waals surface area contributed by atoms with E-state index in [1.165, 1.54) is 0 Å². The van der Waals surface area contributed by atoms with Gasteiger partial charge in [-0.2, -0.15) is 5.26 Å². The lowest BCUT2D eigenvalue weighted by atomic mass is 10.2. The van der Waals surface area contributed by atoms with Crippen molar-refractivity contribution in [2.24, 2.45) is 16.5 Å². The molecule has 4 N–H and O–H groups in total. The van der Waals surface area contributed by atoms with Crippen LogP contribution in [0.2, 0.25) is 0 Å². The molecule has 0 saturated heterocycles. The van der Waals surface area contributed by atoms with E-state index in [0.29, 0.717) is 5.56 Å². The zero-order valence-corrected chi connectivity index (χ0v) is 13.3. The Hall–Kier alpha value is -2.68. The Morgan fingerprint density at radius 1 is 1.00 bits per heavy atom. The molecule has 0 saturated carbocycles. The summed E-state index contributed by atoms with van der Waals surface area (Å²) in [6.45, 7) is 3.81. The minimum atomic E-state index is -0.164. The third kappa shape index (κ3) is 4.39. The number of hydrogen-bond acceptors (Lipinski definition) is 5. The van der Waals surface area contributed by atoms with Gasteiger partial charge in [0, 0.05) is 11.9 Å². The van der Waals surface area contributed by atoms with Crippen molar-refractivity contribution in [3.63, 3.8) is 0 Å². The molecule has 0 aliphatic rings. The molecule has 0 aliphatic carbocycles. The highest BCUT2D eigenvalue weighted by Gasteiger charge is 2.14. The highest BCUT2D eigenvalue weighted by molar-refractivity contribution is 5.82. The lowest BCUT2D eigenvalue weighted by Crippen LogP contribution is -2.49. The fourth-order valence-corrected chi connectivity index (χ4v) is 2.34. The monoisotopic (exact) mass is 307 g/mol. The highest BCUT2D eigenvalue weighted by Crippen LogP contribution is 2.21. The summed E-state index contributed by atoms with van der Waals surface area (Å²) in [5.41, 5.74) is 15.3. The van der Waals surface area contributed by atoms with E-state index < -0.39 is 0 Å². The third-order valence-corrected chi connectivity index (χ3v) is 3.43. The van der Waals surface area contributed by atoms with Gasteiger partial charge in [0.15, 0.2) is 0 Å². The molecule has 0 heterocycles. The maximum Gasteiger partial charge on any atom is 0.0991 e. The van der Waals surface area contributed by atoms with Gasteiger partial charge in [0.05, 0.1) is 29.7 Å². The Labute approximate surface area is 136 Å². The number of benzene rings is 2. The first-order valence-corrected chi connectivity index (χ1v) is 7.45. The summed E-state index contributed by atoms with van der Waals surface area (Å²) in [7, 11) is 0. The van der Waals surface area contributed by atoms with Crippen LogP contribution < -0.4 is 16.4 Å². The first kappa shape index (κ1) is 16.7. The molecule has 2 unspecified atom stereocenters. The Kier molecular flexibility index (Phi) is 5.47. The topological polar surface area (TPSA) is 91.4 Å². The number of nitrogens with zero attached hydrogens (tertiary/aromatic N) is 3. The van der Waals surface area contributed by atoms with Crippen LogP contribution in [0.25, 0.3) is 0 Å². The van der Waals surface area contributed by atoms with Gasteiger partial charge < -0.3 is 16.4 Å². The van der Waals surface area contributed by atoms with E-state index in [0.717, 1.165) is 16.9 Å². The second-order valence-electron chi connectivity index (χ2n) is 5.40. The predicted octanol–water partition coefficient (Wildman–Crippen LogP) is 2.72. The average Bonchev–Trinajstić information content (AvgIpc) is 2.54. The Balaban J connectivity index is 2.13. The van der Waals surface area contributed by atoms with E-state index in [-0.39, 0.29) is 12.3 Å². The van der Waals surface area contributed by atoms with E-state index in [4.69, 9.17) is 16.7 Å². The predicted molar refractivity (Wildman–Crippen MR) is 94.6 cm³/mol. The maximum absolute atomic E-state index is 8.78. The standard InChI is InChI=1S/C18H21N5/c1-13(20)23(14(2)21)18-9-7-17(8-10-18)22-12-16-5-3-15(11-19)4-6-16/h3-10,12-14H,20-21H2,1-2H3. The van der Waals surface area contributed by atoms with E-state index in [9.17, 15) is 0 Å². The second kappa shape index (κ2) is 7.54. The molecule has 0 radical (unpaired) electrons. The molecule has 5 nitrogen and oxygen atoms in total. The quantitative estimate of drug-likeness (QED) is 0.656. The first-order valence-electron chi connectivity index (χ1n) is 7.45. The minimum absolute atomic E-state index is 0.164. The van der Waals surface area contributed by atoms with Gasteiger partial charge in [0.25, 0.3) is 0 Å². The van der Waals surface area contributed by atoms with Gasteiger partial charge in [-0.05, 0) is 55.8 Å². The summed E-state index contributed by atoms with van der Waals surface area (Å²) in [4.78, 5) is 6.37. The third-order valence-electron chi connectivity index (χ3n) is 3.43. The zero-order chi connectivity index (χ0) is 16.8. The van der Waals surface area contributed by atoms with Crippen molar-refractivity contribution in [1.82, 2.24) is 0 Å². The molecule has 0 fully saturated rings. The van der Waals surface area contributed by atoms with Crippen LogP contribution in [0.3, 0.4) is 0 Å². The van der Waals surface area contributed by atoms with Gasteiger partial charge in [-0.25, -0.2) is 0 Å². The molecule has 2 atom stereocenters. The van der Waals surface area contributed by atoms with Crippen molar-refractivity contribution in [1.29, 1.82) is 5.26 Å². The lowest BCUT2D eigenvalue weighted by Gasteiger charge is -2.32. The van der Waals surface area contributed by atoms with Crippen LogP contribution in [-0.4, -0.2) is 18.5 Å². The molecule has 23 heavy (non-hydrogen) atoms. The molecule has 2 aromatic carbocycles. The van der Waals surface area contributed by atoms with Crippen molar-refractivity contribution in [3.8, 4) is 6.07 Å². The van der Waals surface area contributed by atoms with Crippen LogP contribution in [0.15, 0.2) is 53.5 Å². The molecular weight excluding hydrogens is 286 g/mol. The Bertz CT molecular complexity index is 686. The summed E-state index contributed by atoms with van der Waals surface area (Å²) in [6.07, 6.45) is 1.44. The number of nitriles is 1. The van der Waals surface area contributed by atoms with E-state index in [2.05, 4.69) is 11.1 Å². The Morgan fingerprint density at radius 3 is 2.04 bits per heavy atom. The molecule has 0 aromatic heterocycles. The summed E-state index contributed by atoms with van der Waals surface area (Å²) in [5, 5.41) is 8.78. The largest absolute Gasteiger partial charge is 0.341 e. The van der Waals surface area contributed by atoms with Crippen LogP contribution in [0.1, 0.15) is 25.0 Å². The number of anilines is 1. The van der Waals surface area contributed by atoms with Crippen molar-refractivity contribution in [2.45, 2.75) is 26.2 Å². The summed E-state index contributed by atoms with van der Waals surface area (Å²) in [6, 6.07) is 17.1. The van der Waals surface area contributed by atoms with Crippen molar-refractivity contribution >= 4 is 17.6 Å². The van der Waals surface area contributed by atoms with Crippen molar-refractivity contribution in [2.75, 3.05) is 4.90 Å². The van der Waals surface area contributed by atoms with Crippen LogP contribution in [0.5, 0.6) is 0 Å². The first-order chi connectivity index (χ1) is 11.0. The van der Waals surface area contributed by atoms with Crippen LogP contribution in [0, 0.1) is 11.3 Å². The fraction of sp³-hybridized carbons (Fsp3) is 0.222. The average molecular weight is 307 g/mol. The van der Waals surface area contributed by atoms with Gasteiger partial charge in [-0.3, -0.25) is 4.99 Å². The maximum atomic E-state index is 8.78. The summed E-state index contributed by atoms with van der Waals surface area (Å²) in [5.74, 6) is 0. The van der Waals surface area contributed by atoms with E-state index in [1.807, 2.05) is 55.1 Å². The van der Waals surface area contributed by atoms with Crippen LogP contribution in [-0.2, 0) is 0 Å². The zero-order valence-electron chi connectivity index (χ0n) is 13.3. The molecule has 2 rings (SSSR count). The molecular formula is C18H21N5. The second-order valence-corrected chi connectivity index (χ2v) is 5.40. The molecule has 0 amide bonds. The Morgan fingerprint density at radius 2 is 1.57 bits per heavy atom. The molecule has 2 aromatic rings. The normalized spacial score (nSPS) is 13.5. The summed E-state index contributed by atoms with van der Waals surface area (Å²) >= 11 is 0. The summed E-state index contributed by atoms with van der Waals surface area (Å²) < 4.78 is 0. The van der Waals surface area contributed by atoms with E-state index >= 15 is 0 Å². The number of aliphatic imine (C=N–C) groups is 1. The van der Waals surface area contributed by atoms with Crippen LogP contribution >= 0.6 is 0 Å². The number of nitrogens with two attached hydrogens (primary N) is 2. The van der Waals surface area contributed by atoms with Crippen molar-refractivity contribution in [3.05, 3.63) is 59.7 Å². The van der Waals surface area contributed by atoms with Gasteiger partial charge in [-0.15, -0.1) is 0 Å². The van der Waals surface area contributed by atoms with E-state index in [1.54, 1.807) is 18.3 Å². The molecule has 0 spiro atoms. The number of rotatable bonds is 5. The molecule has 5 heteroatoms. The number of hydrogen-bond donors (Lipinski definition) is 2. The van der Waals surface area contributed by atoms with Gasteiger partial charge >= 0.3 is 0 Å². The molecule has 118 valence electrons. The van der Waals surface area contributed by atoms with Crippen molar-refractivity contribution < 1.29 is 0 Å². The SMILES string of the molecule is CC(N)N(c1ccc(N=Cc2ccc(C#N)cc2)cc1)C(C)N. The molecule has 0 bridgehead atoms. The lowest BCUT2D eigenvalue weighted by molar-refractivity contribution is 0.574. The van der Waals surface area contributed by atoms with Gasteiger partial charge in [0.2, 0.25) is 0 Å². The minimum Gasteiger partial charge on any atom is -0.341 e. The highest BCUT2D eigenvalue weighted by atomic mass is 15.3. The molecule has 0 aliphatic heterocycles. The smallest absolute Gasteiger partial charge is 0.0991 e.